The highest BCUT2D eigenvalue weighted by Gasteiger charge is 2.17. The van der Waals surface area contributed by atoms with Crippen molar-refractivity contribution in [2.75, 3.05) is 45.9 Å². The molecule has 2 heterocycles. The molecule has 0 radical (unpaired) electrons. The maximum atomic E-state index is 6.12. The second kappa shape index (κ2) is 12.8. The van der Waals surface area contributed by atoms with Gasteiger partial charge in [0.2, 0.25) is 0 Å². The van der Waals surface area contributed by atoms with E-state index in [0.717, 1.165) is 49.8 Å². The summed E-state index contributed by atoms with van der Waals surface area (Å²) in [7, 11) is 0. The molecule has 2 aliphatic rings. The predicted octanol–water partition coefficient (Wildman–Crippen LogP) is 3.48. The fraction of sp³-hybridized carbons (Fsp3) is 0.708. The molecule has 2 fully saturated rings. The molecule has 0 amide bonds. The first-order valence-electron chi connectivity index (χ1n) is 11.8. The number of nitrogens with zero attached hydrogens (tertiary/aromatic N) is 2. The molecule has 0 bridgehead atoms. The molecule has 6 nitrogen and oxygen atoms in total. The maximum Gasteiger partial charge on any atom is 0.191 e. The van der Waals surface area contributed by atoms with Crippen molar-refractivity contribution in [3.8, 4) is 5.75 Å². The Balaban J connectivity index is 1.47. The molecule has 168 valence electrons. The summed E-state index contributed by atoms with van der Waals surface area (Å²) in [5, 5.41) is 6.84. The number of guanidine groups is 1. The average molecular weight is 417 g/mol. The van der Waals surface area contributed by atoms with Crippen molar-refractivity contribution in [2.24, 2.45) is 4.99 Å². The molecule has 30 heavy (non-hydrogen) atoms. The summed E-state index contributed by atoms with van der Waals surface area (Å²) in [6.45, 7) is 11.9. The van der Waals surface area contributed by atoms with Crippen LogP contribution in [0.4, 0.5) is 0 Å². The Hall–Kier alpha value is -1.79. The minimum absolute atomic E-state index is 0.224. The van der Waals surface area contributed by atoms with E-state index in [9.17, 15) is 0 Å². The third-order valence-electron chi connectivity index (χ3n) is 5.82. The van der Waals surface area contributed by atoms with Crippen LogP contribution in [0.5, 0.6) is 5.75 Å². The van der Waals surface area contributed by atoms with E-state index in [2.05, 4.69) is 47.6 Å². The van der Waals surface area contributed by atoms with Gasteiger partial charge in [-0.15, -0.1) is 0 Å². The normalized spacial score (nSPS) is 19.9. The summed E-state index contributed by atoms with van der Waals surface area (Å²) in [5.41, 5.74) is 2.32. The molecule has 1 aromatic rings. The zero-order valence-corrected chi connectivity index (χ0v) is 18.9. The summed E-state index contributed by atoms with van der Waals surface area (Å²) in [5.74, 6) is 1.81. The van der Waals surface area contributed by atoms with Gasteiger partial charge in [-0.2, -0.15) is 0 Å². The third-order valence-corrected chi connectivity index (χ3v) is 5.82. The summed E-state index contributed by atoms with van der Waals surface area (Å²) in [4.78, 5) is 7.38. The first-order chi connectivity index (χ1) is 14.7. The van der Waals surface area contributed by atoms with Crippen LogP contribution in [0, 0.1) is 6.92 Å². The van der Waals surface area contributed by atoms with Crippen LogP contribution in [0.15, 0.2) is 23.2 Å². The third kappa shape index (κ3) is 7.80. The van der Waals surface area contributed by atoms with Gasteiger partial charge in [0.25, 0.3) is 0 Å². The number of hydrogen-bond donors (Lipinski definition) is 2. The van der Waals surface area contributed by atoms with Crippen molar-refractivity contribution < 1.29 is 9.47 Å². The minimum atomic E-state index is 0.224. The number of unbranched alkanes of at least 4 members (excludes halogenated alkanes) is 1. The van der Waals surface area contributed by atoms with E-state index in [1.54, 1.807) is 0 Å². The van der Waals surface area contributed by atoms with Gasteiger partial charge in [0.1, 0.15) is 12.4 Å². The molecule has 3 rings (SSSR count). The Bertz CT molecular complexity index is 653. The molecule has 0 spiro atoms. The Morgan fingerprint density at radius 2 is 2.07 bits per heavy atom. The number of ether oxygens (including phenoxy) is 2. The van der Waals surface area contributed by atoms with Gasteiger partial charge >= 0.3 is 0 Å². The standard InChI is InChI=1S/C24H40N4O2/c1-3-25-24(26-12-4-5-13-28-14-6-7-15-28)27-18-21-11-10-20(2)17-23(21)30-19-22-9-8-16-29-22/h10-11,17,22H,3-9,12-16,18-19H2,1-2H3,(H2,25,26,27). The van der Waals surface area contributed by atoms with Crippen LogP contribution in [0.2, 0.25) is 0 Å². The first-order valence-corrected chi connectivity index (χ1v) is 11.8. The number of nitrogens with one attached hydrogen (secondary N) is 2. The van der Waals surface area contributed by atoms with Gasteiger partial charge in [-0.25, -0.2) is 4.99 Å². The van der Waals surface area contributed by atoms with E-state index < -0.39 is 0 Å². The Morgan fingerprint density at radius 1 is 1.20 bits per heavy atom. The molecule has 0 aliphatic carbocycles. The van der Waals surface area contributed by atoms with Gasteiger partial charge in [-0.05, 0) is 83.6 Å². The average Bonchev–Trinajstić information content (AvgIpc) is 3.45. The quantitative estimate of drug-likeness (QED) is 0.329. The fourth-order valence-electron chi connectivity index (χ4n) is 4.06. The van der Waals surface area contributed by atoms with E-state index >= 15 is 0 Å². The number of aliphatic imine (C=N–C) groups is 1. The maximum absolute atomic E-state index is 6.12. The lowest BCUT2D eigenvalue weighted by Crippen LogP contribution is -2.38. The van der Waals surface area contributed by atoms with Crippen LogP contribution < -0.4 is 15.4 Å². The molecule has 2 saturated heterocycles. The lowest BCUT2D eigenvalue weighted by Gasteiger charge is -2.16. The second-order valence-electron chi connectivity index (χ2n) is 8.44. The van der Waals surface area contributed by atoms with Crippen molar-refractivity contribution in [3.05, 3.63) is 29.3 Å². The van der Waals surface area contributed by atoms with Crippen LogP contribution in [0.25, 0.3) is 0 Å². The summed E-state index contributed by atoms with van der Waals surface area (Å²) >= 11 is 0. The van der Waals surface area contributed by atoms with E-state index in [0.29, 0.717) is 13.2 Å². The topological polar surface area (TPSA) is 58.1 Å². The highest BCUT2D eigenvalue weighted by Crippen LogP contribution is 2.23. The van der Waals surface area contributed by atoms with Crippen LogP contribution in [-0.2, 0) is 11.3 Å². The molecular weight excluding hydrogens is 376 g/mol. The van der Waals surface area contributed by atoms with Crippen LogP contribution in [0.1, 0.15) is 56.6 Å². The number of rotatable bonds is 11. The fourth-order valence-corrected chi connectivity index (χ4v) is 4.06. The van der Waals surface area contributed by atoms with Crippen molar-refractivity contribution in [1.29, 1.82) is 0 Å². The highest BCUT2D eigenvalue weighted by molar-refractivity contribution is 5.79. The smallest absolute Gasteiger partial charge is 0.191 e. The SMILES string of the molecule is CCNC(=NCc1ccc(C)cc1OCC1CCCO1)NCCCCN1CCCC1. The van der Waals surface area contributed by atoms with Crippen molar-refractivity contribution in [3.63, 3.8) is 0 Å². The van der Waals surface area contributed by atoms with Crippen molar-refractivity contribution in [2.45, 2.75) is 65.0 Å². The van der Waals surface area contributed by atoms with E-state index in [-0.39, 0.29) is 6.10 Å². The summed E-state index contributed by atoms with van der Waals surface area (Å²) < 4.78 is 11.8. The first kappa shape index (κ1) is 22.9. The van der Waals surface area contributed by atoms with Crippen LogP contribution >= 0.6 is 0 Å². The molecule has 1 atom stereocenters. The van der Waals surface area contributed by atoms with Crippen LogP contribution in [0.3, 0.4) is 0 Å². The van der Waals surface area contributed by atoms with Gasteiger partial charge < -0.3 is 25.0 Å². The molecule has 0 aromatic heterocycles. The number of benzene rings is 1. The van der Waals surface area contributed by atoms with E-state index in [1.807, 2.05) is 0 Å². The molecule has 6 heteroatoms. The monoisotopic (exact) mass is 416 g/mol. The summed E-state index contributed by atoms with van der Waals surface area (Å²) in [6.07, 6.45) is 7.59. The van der Waals surface area contributed by atoms with Crippen molar-refractivity contribution in [1.82, 2.24) is 15.5 Å². The molecule has 2 N–H and O–H groups in total. The largest absolute Gasteiger partial charge is 0.491 e. The molecule has 0 saturated carbocycles. The van der Waals surface area contributed by atoms with Gasteiger partial charge in [0.05, 0.1) is 12.6 Å². The predicted molar refractivity (Wildman–Crippen MR) is 123 cm³/mol. The molecular formula is C24H40N4O2. The zero-order valence-electron chi connectivity index (χ0n) is 18.9. The Labute approximate surface area is 182 Å². The molecule has 1 aromatic carbocycles. The van der Waals surface area contributed by atoms with Crippen molar-refractivity contribution >= 4 is 5.96 Å². The minimum Gasteiger partial charge on any atom is -0.491 e. The zero-order chi connectivity index (χ0) is 21.0. The number of aryl methyl sites for hydroxylation is 1. The van der Waals surface area contributed by atoms with E-state index in [1.165, 1.54) is 50.9 Å². The number of likely N-dealkylation sites (tertiary alicyclic amines) is 1. The lowest BCUT2D eigenvalue weighted by molar-refractivity contribution is 0.0676. The van der Waals surface area contributed by atoms with Gasteiger partial charge in [0, 0.05) is 25.3 Å². The number of hydrogen-bond acceptors (Lipinski definition) is 4. The van der Waals surface area contributed by atoms with Gasteiger partial charge in [0.15, 0.2) is 5.96 Å². The molecule has 2 aliphatic heterocycles. The van der Waals surface area contributed by atoms with E-state index in [4.69, 9.17) is 14.5 Å². The second-order valence-corrected chi connectivity index (χ2v) is 8.44. The van der Waals surface area contributed by atoms with Crippen LogP contribution in [-0.4, -0.2) is 62.9 Å². The molecule has 1 unspecified atom stereocenters. The van der Waals surface area contributed by atoms with Gasteiger partial charge in [-0.3, -0.25) is 0 Å². The Morgan fingerprint density at radius 3 is 2.83 bits per heavy atom. The highest BCUT2D eigenvalue weighted by atomic mass is 16.5. The lowest BCUT2D eigenvalue weighted by atomic mass is 10.1. The Kier molecular flexibility index (Phi) is 9.77. The summed E-state index contributed by atoms with van der Waals surface area (Å²) in [6, 6.07) is 6.37. The van der Waals surface area contributed by atoms with Gasteiger partial charge in [-0.1, -0.05) is 12.1 Å².